The van der Waals surface area contributed by atoms with Crippen molar-refractivity contribution in [2.75, 3.05) is 6.61 Å². The van der Waals surface area contributed by atoms with Crippen LogP contribution < -0.4 is 4.74 Å². The molecule has 0 radical (unpaired) electrons. The summed E-state index contributed by atoms with van der Waals surface area (Å²) in [7, 11) is 0. The molecule has 3 rings (SSSR count). The maximum Gasteiger partial charge on any atom is 0.212 e. The third-order valence-corrected chi connectivity index (χ3v) is 4.19. The Hall–Kier alpha value is -1.92. The van der Waals surface area contributed by atoms with E-state index in [9.17, 15) is 5.11 Å². The van der Waals surface area contributed by atoms with Gasteiger partial charge in [0.2, 0.25) is 4.96 Å². The number of fused-ring (bicyclic) bond motifs is 1. The highest BCUT2D eigenvalue weighted by atomic mass is 32.1. The van der Waals surface area contributed by atoms with Gasteiger partial charge in [0, 0.05) is 6.42 Å². The van der Waals surface area contributed by atoms with E-state index in [1.807, 2.05) is 38.1 Å². The van der Waals surface area contributed by atoms with E-state index in [0.717, 1.165) is 33.5 Å². The molecule has 0 atom stereocenters. The summed E-state index contributed by atoms with van der Waals surface area (Å²) in [6, 6.07) is 8.04. The van der Waals surface area contributed by atoms with Crippen LogP contribution in [0.25, 0.3) is 4.96 Å². The Morgan fingerprint density at radius 1 is 1.29 bits per heavy atom. The minimum absolute atomic E-state index is 0.0424. The Morgan fingerprint density at radius 3 is 2.71 bits per heavy atom. The fourth-order valence-electron chi connectivity index (χ4n) is 2.23. The van der Waals surface area contributed by atoms with E-state index in [4.69, 9.17) is 4.74 Å². The molecule has 6 heteroatoms. The van der Waals surface area contributed by atoms with Crippen molar-refractivity contribution in [3.05, 3.63) is 46.2 Å². The molecule has 0 aliphatic carbocycles. The largest absolute Gasteiger partial charge is 0.494 e. The van der Waals surface area contributed by atoms with Crippen molar-refractivity contribution in [3.63, 3.8) is 0 Å². The summed E-state index contributed by atoms with van der Waals surface area (Å²) < 4.78 is 7.18. The lowest BCUT2D eigenvalue weighted by molar-refractivity contribution is 0.273. The first-order chi connectivity index (χ1) is 10.2. The van der Waals surface area contributed by atoms with E-state index in [1.54, 1.807) is 15.9 Å². The van der Waals surface area contributed by atoms with Crippen LogP contribution in [0.1, 0.15) is 28.9 Å². The molecule has 2 heterocycles. The molecule has 3 aromatic rings. The predicted molar refractivity (Wildman–Crippen MR) is 81.9 cm³/mol. The Balaban J connectivity index is 1.82. The highest BCUT2D eigenvalue weighted by Gasteiger charge is 2.13. The van der Waals surface area contributed by atoms with Crippen LogP contribution in [0.15, 0.2) is 24.3 Å². The van der Waals surface area contributed by atoms with Gasteiger partial charge in [-0.1, -0.05) is 23.5 Å². The average Bonchev–Trinajstić information content (AvgIpc) is 2.97. The molecule has 0 spiro atoms. The van der Waals surface area contributed by atoms with Gasteiger partial charge in [0.05, 0.1) is 24.6 Å². The molecule has 0 aliphatic rings. The van der Waals surface area contributed by atoms with Crippen molar-refractivity contribution < 1.29 is 9.84 Å². The third-order valence-electron chi connectivity index (χ3n) is 3.28. The highest BCUT2D eigenvalue weighted by molar-refractivity contribution is 7.16. The van der Waals surface area contributed by atoms with Gasteiger partial charge in [-0.2, -0.15) is 5.10 Å². The van der Waals surface area contributed by atoms with Gasteiger partial charge in [0.25, 0.3) is 0 Å². The monoisotopic (exact) mass is 303 g/mol. The molecular formula is C15H17N3O2S. The molecule has 1 aromatic carbocycles. The number of aliphatic hydroxyl groups is 1. The van der Waals surface area contributed by atoms with Gasteiger partial charge in [0.1, 0.15) is 10.8 Å². The lowest BCUT2D eigenvalue weighted by atomic mass is 10.1. The summed E-state index contributed by atoms with van der Waals surface area (Å²) >= 11 is 1.56. The van der Waals surface area contributed by atoms with E-state index >= 15 is 0 Å². The van der Waals surface area contributed by atoms with E-state index in [2.05, 4.69) is 10.1 Å². The fourth-order valence-corrected chi connectivity index (χ4v) is 3.22. The summed E-state index contributed by atoms with van der Waals surface area (Å²) in [4.78, 5) is 5.25. The summed E-state index contributed by atoms with van der Waals surface area (Å²) in [5, 5.41) is 14.9. The van der Waals surface area contributed by atoms with E-state index < -0.39 is 0 Å². The van der Waals surface area contributed by atoms with Gasteiger partial charge >= 0.3 is 0 Å². The Kier molecular flexibility index (Phi) is 3.90. The van der Waals surface area contributed by atoms with Crippen LogP contribution >= 0.6 is 11.3 Å². The standard InChI is InChI=1S/C15H17N3O2S/c1-3-20-12-6-4-11(5-7-12)8-14-17-18-13(9-19)10(2)16-15(18)21-14/h4-7,19H,3,8-9H2,1-2H3. The van der Waals surface area contributed by atoms with E-state index in [1.165, 1.54) is 5.56 Å². The number of hydrogen-bond donors (Lipinski definition) is 1. The van der Waals surface area contributed by atoms with E-state index in [-0.39, 0.29) is 6.61 Å². The first kappa shape index (κ1) is 14.0. The molecule has 21 heavy (non-hydrogen) atoms. The van der Waals surface area contributed by atoms with Crippen molar-refractivity contribution >= 4 is 16.3 Å². The summed E-state index contributed by atoms with van der Waals surface area (Å²) in [5.74, 6) is 0.883. The number of imidazole rings is 1. The Bertz CT molecular complexity index is 746. The molecule has 110 valence electrons. The zero-order valence-electron chi connectivity index (χ0n) is 12.0. The van der Waals surface area contributed by atoms with Crippen molar-refractivity contribution in [2.24, 2.45) is 0 Å². The topological polar surface area (TPSA) is 59.7 Å². The first-order valence-electron chi connectivity index (χ1n) is 6.87. The van der Waals surface area contributed by atoms with Gasteiger partial charge in [-0.3, -0.25) is 0 Å². The maximum atomic E-state index is 9.38. The molecule has 0 saturated heterocycles. The average molecular weight is 303 g/mol. The molecule has 0 bridgehead atoms. The number of hydrogen-bond acceptors (Lipinski definition) is 5. The van der Waals surface area contributed by atoms with Crippen LogP contribution in [0, 0.1) is 6.92 Å². The lowest BCUT2D eigenvalue weighted by Gasteiger charge is -2.03. The molecular weight excluding hydrogens is 286 g/mol. The first-order valence-corrected chi connectivity index (χ1v) is 7.69. The van der Waals surface area contributed by atoms with Gasteiger partial charge in [0.15, 0.2) is 0 Å². The van der Waals surface area contributed by atoms with Gasteiger partial charge in [-0.25, -0.2) is 9.50 Å². The third kappa shape index (κ3) is 2.77. The van der Waals surface area contributed by atoms with Crippen LogP contribution in [-0.4, -0.2) is 26.3 Å². The van der Waals surface area contributed by atoms with Gasteiger partial charge in [-0.15, -0.1) is 0 Å². The maximum absolute atomic E-state index is 9.38. The second-order valence-corrected chi connectivity index (χ2v) is 5.79. The zero-order valence-corrected chi connectivity index (χ0v) is 12.9. The fraction of sp³-hybridized carbons (Fsp3) is 0.333. The molecule has 0 fully saturated rings. The Morgan fingerprint density at radius 2 is 2.05 bits per heavy atom. The number of ether oxygens (including phenoxy) is 1. The van der Waals surface area contributed by atoms with Crippen LogP contribution in [0.3, 0.4) is 0 Å². The smallest absolute Gasteiger partial charge is 0.212 e. The molecule has 2 aromatic heterocycles. The number of aryl methyl sites for hydroxylation is 1. The molecule has 0 saturated carbocycles. The zero-order chi connectivity index (χ0) is 14.8. The van der Waals surface area contributed by atoms with Crippen molar-refractivity contribution in [1.82, 2.24) is 14.6 Å². The van der Waals surface area contributed by atoms with Crippen LogP contribution in [0.2, 0.25) is 0 Å². The lowest BCUT2D eigenvalue weighted by Crippen LogP contribution is -1.97. The van der Waals surface area contributed by atoms with Crippen LogP contribution in [0.4, 0.5) is 0 Å². The second kappa shape index (κ2) is 5.83. The Labute approximate surface area is 126 Å². The van der Waals surface area contributed by atoms with E-state index in [0.29, 0.717) is 6.61 Å². The summed E-state index contributed by atoms with van der Waals surface area (Å²) in [6.07, 6.45) is 0.754. The predicted octanol–water partition coefficient (Wildman–Crippen LogP) is 2.58. The number of rotatable bonds is 5. The van der Waals surface area contributed by atoms with Crippen LogP contribution in [0.5, 0.6) is 5.75 Å². The molecule has 0 amide bonds. The molecule has 5 nitrogen and oxygen atoms in total. The normalized spacial score (nSPS) is 11.2. The summed E-state index contributed by atoms with van der Waals surface area (Å²) in [5.41, 5.74) is 2.78. The highest BCUT2D eigenvalue weighted by Crippen LogP contribution is 2.22. The number of nitrogens with zero attached hydrogens (tertiary/aromatic N) is 3. The quantitative estimate of drug-likeness (QED) is 0.787. The van der Waals surface area contributed by atoms with Gasteiger partial charge in [-0.05, 0) is 31.5 Å². The van der Waals surface area contributed by atoms with Gasteiger partial charge < -0.3 is 9.84 Å². The SMILES string of the molecule is CCOc1ccc(Cc2nn3c(CO)c(C)nc3s2)cc1. The molecule has 1 N–H and O–H groups in total. The number of benzene rings is 1. The minimum atomic E-state index is -0.0424. The molecule has 0 unspecified atom stereocenters. The van der Waals surface area contributed by atoms with Crippen LogP contribution in [-0.2, 0) is 13.0 Å². The van der Waals surface area contributed by atoms with Crippen molar-refractivity contribution in [1.29, 1.82) is 0 Å². The molecule has 0 aliphatic heterocycles. The minimum Gasteiger partial charge on any atom is -0.494 e. The van der Waals surface area contributed by atoms with Crippen molar-refractivity contribution in [2.45, 2.75) is 26.9 Å². The summed E-state index contributed by atoms with van der Waals surface area (Å²) in [6.45, 7) is 4.49. The number of aliphatic hydroxyl groups excluding tert-OH is 1. The number of aromatic nitrogens is 3. The second-order valence-electron chi connectivity index (χ2n) is 4.75. The van der Waals surface area contributed by atoms with Crippen molar-refractivity contribution in [3.8, 4) is 5.75 Å².